The van der Waals surface area contributed by atoms with E-state index >= 15 is 0 Å². The number of aromatic nitrogens is 2. The van der Waals surface area contributed by atoms with Crippen molar-refractivity contribution in [3.63, 3.8) is 0 Å². The van der Waals surface area contributed by atoms with E-state index in [0.29, 0.717) is 17.1 Å². The Bertz CT molecular complexity index is 985. The minimum absolute atomic E-state index is 0.0883. The van der Waals surface area contributed by atoms with E-state index in [-0.39, 0.29) is 18.4 Å². The first-order valence-electron chi connectivity index (χ1n) is 9.44. The third-order valence-electron chi connectivity index (χ3n) is 4.49. The smallest absolute Gasteiger partial charge is 0.253 e. The minimum atomic E-state index is -0.366. The van der Waals surface area contributed by atoms with Crippen LogP contribution < -0.4 is 10.6 Å². The van der Waals surface area contributed by atoms with Crippen LogP contribution in [0.25, 0.3) is 5.69 Å². The van der Waals surface area contributed by atoms with E-state index in [1.54, 1.807) is 24.3 Å². The van der Waals surface area contributed by atoms with Gasteiger partial charge >= 0.3 is 0 Å². The van der Waals surface area contributed by atoms with Gasteiger partial charge in [0.1, 0.15) is 0 Å². The zero-order chi connectivity index (χ0) is 20.6. The maximum absolute atomic E-state index is 12.1. The molecular formula is C22H23ClN4O2. The molecule has 7 heteroatoms. The van der Waals surface area contributed by atoms with Gasteiger partial charge in [-0.05, 0) is 49.6 Å². The maximum atomic E-state index is 12.1. The number of hydrogen-bond donors (Lipinski definition) is 2. The summed E-state index contributed by atoms with van der Waals surface area (Å²) in [7, 11) is 0. The summed E-state index contributed by atoms with van der Waals surface area (Å²) in [5.41, 5.74) is 3.50. The molecule has 2 amide bonds. The van der Waals surface area contributed by atoms with Crippen molar-refractivity contribution >= 4 is 23.4 Å². The van der Waals surface area contributed by atoms with Crippen LogP contribution in [0.4, 0.5) is 0 Å². The SMILES string of the molecule is Cc1nn(-c2ccccc2)cc1CCCNC(=O)CNC(=O)c1ccccc1Cl. The Morgan fingerprint density at radius 2 is 1.76 bits per heavy atom. The molecule has 2 aromatic carbocycles. The van der Waals surface area contributed by atoms with Gasteiger partial charge in [0, 0.05) is 12.7 Å². The molecule has 1 aromatic heterocycles. The fourth-order valence-electron chi connectivity index (χ4n) is 2.92. The summed E-state index contributed by atoms with van der Waals surface area (Å²) in [4.78, 5) is 24.0. The molecule has 3 rings (SSSR count). The van der Waals surface area contributed by atoms with E-state index in [0.717, 1.165) is 29.8 Å². The Balaban J connectivity index is 1.40. The molecule has 150 valence electrons. The van der Waals surface area contributed by atoms with Crippen molar-refractivity contribution in [2.24, 2.45) is 0 Å². The molecule has 0 fully saturated rings. The van der Waals surface area contributed by atoms with Crippen LogP contribution in [0.1, 0.15) is 28.0 Å². The monoisotopic (exact) mass is 410 g/mol. The lowest BCUT2D eigenvalue weighted by Gasteiger charge is -2.08. The summed E-state index contributed by atoms with van der Waals surface area (Å²) >= 11 is 5.98. The molecule has 0 atom stereocenters. The lowest BCUT2D eigenvalue weighted by atomic mass is 10.1. The van der Waals surface area contributed by atoms with Crippen LogP contribution in [0, 0.1) is 6.92 Å². The highest BCUT2D eigenvalue weighted by Crippen LogP contribution is 2.14. The van der Waals surface area contributed by atoms with Crippen molar-refractivity contribution in [2.75, 3.05) is 13.1 Å². The summed E-state index contributed by atoms with van der Waals surface area (Å²) in [6.45, 7) is 2.42. The number of carbonyl (C=O) groups excluding carboxylic acids is 2. The molecule has 0 aliphatic carbocycles. The molecule has 0 unspecified atom stereocenters. The largest absolute Gasteiger partial charge is 0.355 e. The van der Waals surface area contributed by atoms with E-state index in [2.05, 4.69) is 15.7 Å². The Morgan fingerprint density at radius 1 is 1.03 bits per heavy atom. The van der Waals surface area contributed by atoms with Gasteiger partial charge in [-0.1, -0.05) is 41.9 Å². The molecule has 29 heavy (non-hydrogen) atoms. The van der Waals surface area contributed by atoms with E-state index in [1.165, 1.54) is 0 Å². The summed E-state index contributed by atoms with van der Waals surface area (Å²) in [6.07, 6.45) is 3.62. The molecule has 6 nitrogen and oxygen atoms in total. The predicted octanol–water partition coefficient (Wildman–Crippen LogP) is 3.31. The van der Waals surface area contributed by atoms with Crippen LogP contribution >= 0.6 is 11.6 Å². The van der Waals surface area contributed by atoms with Crippen molar-refractivity contribution in [2.45, 2.75) is 19.8 Å². The average Bonchev–Trinajstić information content (AvgIpc) is 3.11. The minimum Gasteiger partial charge on any atom is -0.355 e. The molecular weight excluding hydrogens is 388 g/mol. The molecule has 3 aromatic rings. The Morgan fingerprint density at radius 3 is 2.52 bits per heavy atom. The van der Waals surface area contributed by atoms with Crippen LogP contribution in [0.2, 0.25) is 5.02 Å². The van der Waals surface area contributed by atoms with Crippen LogP contribution in [-0.2, 0) is 11.2 Å². The maximum Gasteiger partial charge on any atom is 0.253 e. The number of amides is 2. The highest BCUT2D eigenvalue weighted by atomic mass is 35.5. The second kappa shape index (κ2) is 9.89. The van der Waals surface area contributed by atoms with E-state index in [4.69, 9.17) is 11.6 Å². The predicted molar refractivity (Wildman–Crippen MR) is 113 cm³/mol. The number of para-hydroxylation sites is 1. The van der Waals surface area contributed by atoms with Gasteiger partial charge in [-0.15, -0.1) is 0 Å². The van der Waals surface area contributed by atoms with Crippen LogP contribution in [0.15, 0.2) is 60.8 Å². The molecule has 0 saturated carbocycles. The first-order valence-corrected chi connectivity index (χ1v) is 9.82. The van der Waals surface area contributed by atoms with Crippen LogP contribution in [-0.4, -0.2) is 34.7 Å². The zero-order valence-electron chi connectivity index (χ0n) is 16.2. The fourth-order valence-corrected chi connectivity index (χ4v) is 3.15. The number of rotatable bonds is 8. The molecule has 0 radical (unpaired) electrons. The first kappa shape index (κ1) is 20.6. The quantitative estimate of drug-likeness (QED) is 0.559. The summed E-state index contributed by atoms with van der Waals surface area (Å²) in [6, 6.07) is 16.7. The van der Waals surface area contributed by atoms with Gasteiger partial charge in [0.15, 0.2) is 0 Å². The van der Waals surface area contributed by atoms with Gasteiger partial charge < -0.3 is 10.6 Å². The van der Waals surface area contributed by atoms with Crippen molar-refractivity contribution in [1.29, 1.82) is 0 Å². The molecule has 2 N–H and O–H groups in total. The molecule has 1 heterocycles. The Kier molecular flexibility index (Phi) is 7.03. The molecule has 0 aliphatic rings. The standard InChI is InChI=1S/C22H23ClN4O2/c1-16-17(15-27(26-16)18-9-3-2-4-10-18)8-7-13-24-21(28)14-25-22(29)19-11-5-6-12-20(19)23/h2-6,9-12,15H,7-8,13-14H2,1H3,(H,24,28)(H,25,29). The fraction of sp³-hybridized carbons (Fsp3) is 0.227. The molecule has 0 bridgehead atoms. The second-order valence-corrected chi connectivity index (χ2v) is 7.04. The third-order valence-corrected chi connectivity index (χ3v) is 4.82. The van der Waals surface area contributed by atoms with Crippen LogP contribution in [0.3, 0.4) is 0 Å². The Hall–Kier alpha value is -3.12. The number of nitrogens with one attached hydrogen (secondary N) is 2. The van der Waals surface area contributed by atoms with Gasteiger partial charge in [0.05, 0.1) is 28.5 Å². The third kappa shape index (κ3) is 5.68. The molecule has 0 aliphatic heterocycles. The zero-order valence-corrected chi connectivity index (χ0v) is 16.9. The van der Waals surface area contributed by atoms with Crippen molar-refractivity contribution < 1.29 is 9.59 Å². The van der Waals surface area contributed by atoms with Crippen molar-refractivity contribution in [1.82, 2.24) is 20.4 Å². The number of carbonyl (C=O) groups is 2. The van der Waals surface area contributed by atoms with Gasteiger partial charge in [0.2, 0.25) is 5.91 Å². The van der Waals surface area contributed by atoms with Crippen molar-refractivity contribution in [3.8, 4) is 5.69 Å². The van der Waals surface area contributed by atoms with Gasteiger partial charge in [-0.2, -0.15) is 5.10 Å². The lowest BCUT2D eigenvalue weighted by Crippen LogP contribution is -2.37. The van der Waals surface area contributed by atoms with Gasteiger partial charge in [-0.3, -0.25) is 9.59 Å². The number of hydrogen-bond acceptors (Lipinski definition) is 3. The highest BCUT2D eigenvalue weighted by Gasteiger charge is 2.11. The summed E-state index contributed by atoms with van der Waals surface area (Å²) < 4.78 is 1.87. The average molecular weight is 411 g/mol. The number of nitrogens with zero attached hydrogens (tertiary/aromatic N) is 2. The Labute approximate surface area is 174 Å². The van der Waals surface area contributed by atoms with Crippen molar-refractivity contribution in [3.05, 3.63) is 82.6 Å². The lowest BCUT2D eigenvalue weighted by molar-refractivity contribution is -0.120. The van der Waals surface area contributed by atoms with E-state index < -0.39 is 0 Å². The van der Waals surface area contributed by atoms with E-state index in [9.17, 15) is 9.59 Å². The molecule has 0 saturated heterocycles. The molecule has 0 spiro atoms. The van der Waals surface area contributed by atoms with Gasteiger partial charge in [-0.25, -0.2) is 4.68 Å². The summed E-state index contributed by atoms with van der Waals surface area (Å²) in [5.74, 6) is -0.600. The van der Waals surface area contributed by atoms with Crippen LogP contribution in [0.5, 0.6) is 0 Å². The summed E-state index contributed by atoms with van der Waals surface area (Å²) in [5, 5.41) is 10.3. The van der Waals surface area contributed by atoms with Gasteiger partial charge in [0.25, 0.3) is 5.91 Å². The first-order chi connectivity index (χ1) is 14.0. The van der Waals surface area contributed by atoms with E-state index in [1.807, 2.05) is 48.1 Å². The number of halogens is 1. The number of aryl methyl sites for hydroxylation is 2. The second-order valence-electron chi connectivity index (χ2n) is 6.64. The highest BCUT2D eigenvalue weighted by molar-refractivity contribution is 6.33. The topological polar surface area (TPSA) is 76.0 Å². The number of benzene rings is 2. The normalized spacial score (nSPS) is 10.6.